The number of halogens is 1. The fraction of sp³-hybridized carbons (Fsp3) is 0.593. The zero-order chi connectivity index (χ0) is 28.4. The number of nitrogens with zero attached hydrogens (tertiary/aromatic N) is 1. The molecule has 0 radical (unpaired) electrons. The van der Waals surface area contributed by atoms with E-state index in [1.807, 2.05) is 36.4 Å². The number of aliphatic hydroxyl groups is 2. The van der Waals surface area contributed by atoms with Crippen LogP contribution in [-0.2, 0) is 14.3 Å². The van der Waals surface area contributed by atoms with E-state index in [4.69, 9.17) is 19.3 Å². The van der Waals surface area contributed by atoms with Crippen LogP contribution in [0.15, 0.2) is 23.8 Å². The number of amides is 2. The maximum absolute atomic E-state index is 13.3. The lowest BCUT2D eigenvalue weighted by atomic mass is 9.87. The number of aldehydes is 1. The summed E-state index contributed by atoms with van der Waals surface area (Å²) in [6.07, 6.45) is 0.792. The zero-order valence-electron chi connectivity index (χ0n) is 22.6. The molecule has 0 saturated carbocycles. The van der Waals surface area contributed by atoms with Gasteiger partial charge >= 0.3 is 0 Å². The molecule has 1 aromatic rings. The lowest BCUT2D eigenvalue weighted by Gasteiger charge is -2.41. The normalized spacial score (nSPS) is 19.2. The molecule has 0 unspecified atom stereocenters. The third kappa shape index (κ3) is 8.65. The quantitative estimate of drug-likeness (QED) is 0.159. The Kier molecular flexibility index (Phi) is 13.0. The number of nitrogens with one attached hydrogen (secondary N) is 1. The number of hydrogen-bond acceptors (Lipinski definition) is 8. The molecule has 10 nitrogen and oxygen atoms in total. The van der Waals surface area contributed by atoms with E-state index in [0.717, 1.165) is 0 Å². The van der Waals surface area contributed by atoms with E-state index in [0.29, 0.717) is 52.1 Å². The Balaban J connectivity index is 2.46. The van der Waals surface area contributed by atoms with Crippen LogP contribution in [0.4, 0.5) is 0 Å². The highest BCUT2D eigenvalue weighted by Gasteiger charge is 2.41. The number of benzene rings is 1. The Morgan fingerprint density at radius 3 is 2.55 bits per heavy atom. The lowest BCUT2D eigenvalue weighted by Crippen LogP contribution is -2.56. The third-order valence-electron chi connectivity index (χ3n) is 6.03. The van der Waals surface area contributed by atoms with Crippen molar-refractivity contribution in [2.24, 2.45) is 5.92 Å². The number of ether oxygens (including phenoxy) is 3. The maximum Gasteiger partial charge on any atom is 0.247 e. The minimum atomic E-state index is -1.16. The van der Waals surface area contributed by atoms with Crippen LogP contribution < -0.4 is 14.8 Å². The van der Waals surface area contributed by atoms with Crippen molar-refractivity contribution in [3.63, 3.8) is 0 Å². The second kappa shape index (κ2) is 15.4. The minimum Gasteiger partial charge on any atom is -0.493 e. The molecule has 0 aromatic heterocycles. The standard InChI is InChI=1S/C27H39IN2O8/c1-16(2)27(35)30(8-6-10-37-17(3)4)21-13-19(26(34)29-7-9-31)14-22(24(21)33)38-25-20(28)11-18(15-32)12-23(25)36-5/h11-12,14-17,21-22,24,31,33H,6-10,13H2,1-5H3,(H,29,34)/t21-,22+,24+/m1/s1. The van der Waals surface area contributed by atoms with Crippen molar-refractivity contribution in [3.8, 4) is 11.5 Å². The number of hydrogen-bond donors (Lipinski definition) is 3. The van der Waals surface area contributed by atoms with Gasteiger partial charge in [0.25, 0.3) is 0 Å². The summed E-state index contributed by atoms with van der Waals surface area (Å²) in [5.41, 5.74) is 0.731. The van der Waals surface area contributed by atoms with Crippen molar-refractivity contribution in [1.29, 1.82) is 0 Å². The van der Waals surface area contributed by atoms with Crippen molar-refractivity contribution in [3.05, 3.63) is 32.9 Å². The van der Waals surface area contributed by atoms with Gasteiger partial charge in [0, 0.05) is 43.2 Å². The third-order valence-corrected chi connectivity index (χ3v) is 6.83. The van der Waals surface area contributed by atoms with Crippen LogP contribution in [0.25, 0.3) is 0 Å². The van der Waals surface area contributed by atoms with E-state index < -0.39 is 24.2 Å². The molecule has 0 aliphatic heterocycles. The van der Waals surface area contributed by atoms with E-state index in [2.05, 4.69) is 5.32 Å². The molecule has 1 aliphatic rings. The highest BCUT2D eigenvalue weighted by Crippen LogP contribution is 2.37. The van der Waals surface area contributed by atoms with Gasteiger partial charge in [-0.2, -0.15) is 0 Å². The average Bonchev–Trinajstić information content (AvgIpc) is 2.88. The molecular formula is C27H39IN2O8. The van der Waals surface area contributed by atoms with Gasteiger partial charge < -0.3 is 34.6 Å². The van der Waals surface area contributed by atoms with Gasteiger partial charge in [-0.05, 0) is 61.1 Å². The van der Waals surface area contributed by atoms with Crippen molar-refractivity contribution in [1.82, 2.24) is 10.2 Å². The maximum atomic E-state index is 13.3. The van der Waals surface area contributed by atoms with Gasteiger partial charge in [-0.1, -0.05) is 13.8 Å². The highest BCUT2D eigenvalue weighted by molar-refractivity contribution is 14.1. The number of rotatable bonds is 14. The molecule has 11 heteroatoms. The summed E-state index contributed by atoms with van der Waals surface area (Å²) in [5, 5.41) is 23.3. The van der Waals surface area contributed by atoms with Crippen LogP contribution in [0.3, 0.4) is 0 Å². The molecule has 0 saturated heterocycles. The summed E-state index contributed by atoms with van der Waals surface area (Å²) in [6.45, 7) is 8.06. The smallest absolute Gasteiger partial charge is 0.247 e. The Morgan fingerprint density at radius 1 is 1.26 bits per heavy atom. The Morgan fingerprint density at radius 2 is 1.97 bits per heavy atom. The topological polar surface area (TPSA) is 135 Å². The molecule has 1 aromatic carbocycles. The molecule has 1 aliphatic carbocycles. The molecule has 0 spiro atoms. The molecule has 2 rings (SSSR count). The first-order chi connectivity index (χ1) is 18.0. The van der Waals surface area contributed by atoms with Crippen LogP contribution in [0.5, 0.6) is 11.5 Å². The number of methoxy groups -OCH3 is 1. The summed E-state index contributed by atoms with van der Waals surface area (Å²) in [4.78, 5) is 39.1. The van der Waals surface area contributed by atoms with Gasteiger partial charge in [0.15, 0.2) is 11.5 Å². The summed E-state index contributed by atoms with van der Waals surface area (Å²) < 4.78 is 17.9. The van der Waals surface area contributed by atoms with Crippen LogP contribution in [0.1, 0.15) is 50.9 Å². The first kappa shape index (κ1) is 32.0. The van der Waals surface area contributed by atoms with Gasteiger partial charge in [-0.25, -0.2) is 0 Å². The van der Waals surface area contributed by atoms with Crippen LogP contribution in [-0.4, -0.2) is 91.0 Å². The van der Waals surface area contributed by atoms with E-state index in [1.165, 1.54) is 19.3 Å². The SMILES string of the molecule is COc1cc(C=O)cc(I)c1O[C@H]1C=C(C(=O)NCCO)C[C@@H](N(CCCOC(C)C)C(=O)C(C)C)[C@@H]1O. The first-order valence-corrected chi connectivity index (χ1v) is 13.8. The van der Waals surface area contributed by atoms with Crippen molar-refractivity contribution < 1.29 is 38.8 Å². The number of aliphatic hydroxyl groups excluding tert-OH is 2. The monoisotopic (exact) mass is 646 g/mol. The second-order valence-electron chi connectivity index (χ2n) is 9.63. The number of carbonyl (C=O) groups is 3. The van der Waals surface area contributed by atoms with Gasteiger partial charge in [0.1, 0.15) is 18.5 Å². The van der Waals surface area contributed by atoms with Gasteiger partial charge in [-0.15, -0.1) is 0 Å². The zero-order valence-corrected chi connectivity index (χ0v) is 24.8. The van der Waals surface area contributed by atoms with Crippen molar-refractivity contribution >= 4 is 40.7 Å². The molecule has 0 fully saturated rings. The first-order valence-electron chi connectivity index (χ1n) is 12.7. The molecular weight excluding hydrogens is 607 g/mol. The second-order valence-corrected chi connectivity index (χ2v) is 10.8. The molecule has 3 N–H and O–H groups in total. The van der Waals surface area contributed by atoms with E-state index in [9.17, 15) is 19.5 Å². The minimum absolute atomic E-state index is 0.0510. The largest absolute Gasteiger partial charge is 0.493 e. The Hall–Kier alpha value is -2.22. The van der Waals surface area contributed by atoms with E-state index in [1.54, 1.807) is 24.8 Å². The predicted molar refractivity (Wildman–Crippen MR) is 150 cm³/mol. The fourth-order valence-electron chi connectivity index (χ4n) is 4.16. The molecule has 38 heavy (non-hydrogen) atoms. The van der Waals surface area contributed by atoms with Crippen molar-refractivity contribution in [2.45, 2.75) is 64.9 Å². The molecule has 2 amide bonds. The van der Waals surface area contributed by atoms with Crippen LogP contribution in [0.2, 0.25) is 0 Å². The average molecular weight is 647 g/mol. The van der Waals surface area contributed by atoms with E-state index in [-0.39, 0.29) is 37.5 Å². The highest BCUT2D eigenvalue weighted by atomic mass is 127. The number of carbonyl (C=O) groups excluding carboxylic acids is 3. The fourth-order valence-corrected chi connectivity index (χ4v) is 4.92. The molecule has 212 valence electrons. The summed E-state index contributed by atoms with van der Waals surface area (Å²) in [7, 11) is 1.44. The molecule has 0 heterocycles. The molecule has 0 bridgehead atoms. The predicted octanol–water partition coefficient (Wildman–Crippen LogP) is 2.33. The summed E-state index contributed by atoms with van der Waals surface area (Å²) in [6, 6.07) is 2.41. The van der Waals surface area contributed by atoms with Crippen molar-refractivity contribution in [2.75, 3.05) is 33.4 Å². The van der Waals surface area contributed by atoms with Crippen LogP contribution in [0, 0.1) is 9.49 Å². The van der Waals surface area contributed by atoms with Gasteiger partial charge in [0.05, 0.1) is 29.4 Å². The summed E-state index contributed by atoms with van der Waals surface area (Å²) >= 11 is 2.01. The van der Waals surface area contributed by atoms with Gasteiger partial charge in [-0.3, -0.25) is 14.4 Å². The van der Waals surface area contributed by atoms with E-state index >= 15 is 0 Å². The lowest BCUT2D eigenvalue weighted by molar-refractivity contribution is -0.142. The van der Waals surface area contributed by atoms with Crippen LogP contribution >= 0.6 is 22.6 Å². The summed E-state index contributed by atoms with van der Waals surface area (Å²) in [5.74, 6) is -0.294. The Bertz CT molecular complexity index is 998. The Labute approximate surface area is 237 Å². The molecule has 3 atom stereocenters. The van der Waals surface area contributed by atoms with Gasteiger partial charge in [0.2, 0.25) is 11.8 Å².